The van der Waals surface area contributed by atoms with Crippen molar-refractivity contribution in [2.45, 2.75) is 12.0 Å². The maximum atomic E-state index is 11.0. The standard InChI is InChI=1S/C15H21N3O/c1-17-8-10-18(11-9-17)12-15(19)6-2-5-14-13(15)4-3-7-16-14/h2-5,7,19H,6,8-12H2,1H3. The maximum Gasteiger partial charge on any atom is 0.108 e. The van der Waals surface area contributed by atoms with E-state index in [4.69, 9.17) is 0 Å². The van der Waals surface area contributed by atoms with Crippen molar-refractivity contribution < 1.29 is 5.11 Å². The van der Waals surface area contributed by atoms with E-state index in [1.165, 1.54) is 0 Å². The number of hydrogen-bond acceptors (Lipinski definition) is 4. The number of β-amino-alcohol motifs (C(OH)–C–C–N with tert-alkyl or cyclic N) is 1. The van der Waals surface area contributed by atoms with Crippen LogP contribution in [0.4, 0.5) is 0 Å². The first-order chi connectivity index (χ1) is 9.17. The predicted molar refractivity (Wildman–Crippen MR) is 75.7 cm³/mol. The van der Waals surface area contributed by atoms with E-state index >= 15 is 0 Å². The third-order valence-electron chi connectivity index (χ3n) is 4.15. The van der Waals surface area contributed by atoms with Crippen LogP contribution < -0.4 is 0 Å². The van der Waals surface area contributed by atoms with Crippen LogP contribution >= 0.6 is 0 Å². The van der Waals surface area contributed by atoms with Crippen LogP contribution in [0.3, 0.4) is 0 Å². The summed E-state index contributed by atoms with van der Waals surface area (Å²) in [5.74, 6) is 0. The van der Waals surface area contributed by atoms with Crippen LogP contribution in [0.15, 0.2) is 24.4 Å². The Morgan fingerprint density at radius 1 is 1.32 bits per heavy atom. The quantitative estimate of drug-likeness (QED) is 0.858. The van der Waals surface area contributed by atoms with E-state index in [1.54, 1.807) is 6.20 Å². The minimum absolute atomic E-state index is 0.679. The molecule has 19 heavy (non-hydrogen) atoms. The molecule has 1 aliphatic heterocycles. The number of fused-ring (bicyclic) bond motifs is 1. The van der Waals surface area contributed by atoms with Gasteiger partial charge in [0, 0.05) is 50.9 Å². The van der Waals surface area contributed by atoms with Gasteiger partial charge in [-0.3, -0.25) is 9.88 Å². The highest BCUT2D eigenvalue weighted by Gasteiger charge is 2.35. The van der Waals surface area contributed by atoms with E-state index in [0.29, 0.717) is 13.0 Å². The van der Waals surface area contributed by atoms with Gasteiger partial charge in [-0.05, 0) is 19.2 Å². The van der Waals surface area contributed by atoms with Gasteiger partial charge in [-0.15, -0.1) is 0 Å². The van der Waals surface area contributed by atoms with E-state index in [9.17, 15) is 5.11 Å². The third kappa shape index (κ3) is 2.56. The molecule has 0 radical (unpaired) electrons. The summed E-state index contributed by atoms with van der Waals surface area (Å²) in [5, 5.41) is 11.0. The van der Waals surface area contributed by atoms with E-state index in [0.717, 1.165) is 37.4 Å². The molecule has 2 aliphatic rings. The van der Waals surface area contributed by atoms with Gasteiger partial charge in [0.2, 0.25) is 0 Å². The Bertz CT molecular complexity index is 480. The van der Waals surface area contributed by atoms with Crippen LogP contribution in [-0.2, 0) is 5.60 Å². The minimum Gasteiger partial charge on any atom is -0.383 e. The molecule has 102 valence electrons. The van der Waals surface area contributed by atoms with E-state index in [2.05, 4.69) is 21.8 Å². The van der Waals surface area contributed by atoms with Crippen molar-refractivity contribution in [2.75, 3.05) is 39.8 Å². The summed E-state index contributed by atoms with van der Waals surface area (Å²) in [6, 6.07) is 3.91. The third-order valence-corrected chi connectivity index (χ3v) is 4.15. The molecule has 4 heteroatoms. The molecule has 2 heterocycles. The molecule has 1 saturated heterocycles. The van der Waals surface area contributed by atoms with Crippen molar-refractivity contribution >= 4 is 6.08 Å². The molecule has 4 nitrogen and oxygen atoms in total. The molecular formula is C15H21N3O. The van der Waals surface area contributed by atoms with Crippen molar-refractivity contribution in [3.63, 3.8) is 0 Å². The lowest BCUT2D eigenvalue weighted by Crippen LogP contribution is -2.50. The number of pyridine rings is 1. The number of piperazine rings is 1. The van der Waals surface area contributed by atoms with Crippen molar-refractivity contribution in [3.05, 3.63) is 35.7 Å². The fraction of sp³-hybridized carbons (Fsp3) is 0.533. The van der Waals surface area contributed by atoms with Crippen LogP contribution in [0.2, 0.25) is 0 Å². The number of likely N-dealkylation sites (N-methyl/N-ethyl adjacent to an activating group) is 1. The smallest absolute Gasteiger partial charge is 0.108 e. The summed E-state index contributed by atoms with van der Waals surface area (Å²) in [6.07, 6.45) is 6.50. The largest absolute Gasteiger partial charge is 0.383 e. The van der Waals surface area contributed by atoms with E-state index in [-0.39, 0.29) is 0 Å². The Kier molecular flexibility index (Phi) is 3.39. The lowest BCUT2D eigenvalue weighted by Gasteiger charge is -2.39. The summed E-state index contributed by atoms with van der Waals surface area (Å²) < 4.78 is 0. The highest BCUT2D eigenvalue weighted by Crippen LogP contribution is 2.33. The summed E-state index contributed by atoms with van der Waals surface area (Å²) in [4.78, 5) is 9.03. The molecule has 3 rings (SSSR count). The van der Waals surface area contributed by atoms with Gasteiger partial charge in [0.1, 0.15) is 5.60 Å². The Morgan fingerprint density at radius 3 is 2.89 bits per heavy atom. The van der Waals surface area contributed by atoms with Gasteiger partial charge in [-0.1, -0.05) is 12.1 Å². The van der Waals surface area contributed by atoms with Crippen LogP contribution in [0.1, 0.15) is 17.7 Å². The second-order valence-corrected chi connectivity index (χ2v) is 5.65. The summed E-state index contributed by atoms with van der Waals surface area (Å²) in [6.45, 7) is 4.90. The van der Waals surface area contributed by atoms with Gasteiger partial charge in [0.05, 0.1) is 5.69 Å². The molecule has 1 aromatic rings. The normalized spacial score (nSPS) is 28.3. The number of rotatable bonds is 2. The highest BCUT2D eigenvalue weighted by molar-refractivity contribution is 5.54. The van der Waals surface area contributed by atoms with Crippen LogP contribution in [0.5, 0.6) is 0 Å². The lowest BCUT2D eigenvalue weighted by molar-refractivity contribution is -0.0110. The number of nitrogens with zero attached hydrogens (tertiary/aromatic N) is 3. The molecule has 1 fully saturated rings. The van der Waals surface area contributed by atoms with Crippen molar-refractivity contribution in [2.24, 2.45) is 0 Å². The second-order valence-electron chi connectivity index (χ2n) is 5.65. The van der Waals surface area contributed by atoms with Crippen molar-refractivity contribution in [1.29, 1.82) is 0 Å². The molecular weight excluding hydrogens is 238 g/mol. The van der Waals surface area contributed by atoms with Crippen molar-refractivity contribution in [3.8, 4) is 0 Å². The van der Waals surface area contributed by atoms with Gasteiger partial charge in [-0.25, -0.2) is 0 Å². The molecule has 0 aromatic carbocycles. The molecule has 0 spiro atoms. The van der Waals surface area contributed by atoms with E-state index < -0.39 is 5.60 Å². The average Bonchev–Trinajstić information content (AvgIpc) is 2.42. The summed E-state index contributed by atoms with van der Waals surface area (Å²) in [7, 11) is 2.15. The topological polar surface area (TPSA) is 39.6 Å². The maximum absolute atomic E-state index is 11.0. The van der Waals surface area contributed by atoms with Gasteiger partial charge >= 0.3 is 0 Å². The van der Waals surface area contributed by atoms with Gasteiger partial charge in [0.15, 0.2) is 0 Å². The first-order valence-electron chi connectivity index (χ1n) is 6.93. The molecule has 0 saturated carbocycles. The molecule has 0 bridgehead atoms. The van der Waals surface area contributed by atoms with Gasteiger partial charge in [0.25, 0.3) is 0 Å². The predicted octanol–water partition coefficient (Wildman–Crippen LogP) is 0.933. The lowest BCUT2D eigenvalue weighted by atomic mass is 9.84. The Balaban J connectivity index is 1.78. The minimum atomic E-state index is -0.783. The van der Waals surface area contributed by atoms with Crippen LogP contribution in [-0.4, -0.2) is 59.7 Å². The zero-order valence-corrected chi connectivity index (χ0v) is 11.4. The molecule has 1 N–H and O–H groups in total. The van der Waals surface area contributed by atoms with Crippen molar-refractivity contribution in [1.82, 2.24) is 14.8 Å². The molecule has 0 amide bonds. The molecule has 1 atom stereocenters. The molecule has 1 unspecified atom stereocenters. The number of aromatic nitrogens is 1. The van der Waals surface area contributed by atoms with Crippen LogP contribution in [0, 0.1) is 0 Å². The highest BCUT2D eigenvalue weighted by atomic mass is 16.3. The number of aliphatic hydroxyl groups is 1. The fourth-order valence-electron chi connectivity index (χ4n) is 2.94. The zero-order chi connectivity index (χ0) is 13.3. The van der Waals surface area contributed by atoms with Gasteiger partial charge < -0.3 is 10.0 Å². The zero-order valence-electron chi connectivity index (χ0n) is 11.4. The number of hydrogen-bond donors (Lipinski definition) is 1. The average molecular weight is 259 g/mol. The Labute approximate surface area is 114 Å². The molecule has 1 aliphatic carbocycles. The first-order valence-corrected chi connectivity index (χ1v) is 6.93. The molecule has 1 aromatic heterocycles. The van der Waals surface area contributed by atoms with Gasteiger partial charge in [-0.2, -0.15) is 0 Å². The SMILES string of the molecule is CN1CCN(CC2(O)CC=Cc3ncccc32)CC1. The van der Waals surface area contributed by atoms with E-state index in [1.807, 2.05) is 24.3 Å². The first kappa shape index (κ1) is 12.8. The van der Waals surface area contributed by atoms with Crippen LogP contribution in [0.25, 0.3) is 6.08 Å². The Hall–Kier alpha value is -1.23. The fourth-order valence-corrected chi connectivity index (χ4v) is 2.94. The summed E-state index contributed by atoms with van der Waals surface area (Å²) in [5.41, 5.74) is 1.09. The Morgan fingerprint density at radius 2 is 2.11 bits per heavy atom. The monoisotopic (exact) mass is 259 g/mol. The second kappa shape index (κ2) is 5.04. The summed E-state index contributed by atoms with van der Waals surface area (Å²) >= 11 is 0.